The lowest BCUT2D eigenvalue weighted by Crippen LogP contribution is -2.54. The first-order valence-electron chi connectivity index (χ1n) is 9.45. The van der Waals surface area contributed by atoms with E-state index in [9.17, 15) is 18.9 Å². The van der Waals surface area contributed by atoms with E-state index in [1.54, 1.807) is 4.90 Å². The van der Waals surface area contributed by atoms with Crippen molar-refractivity contribution < 1.29 is 23.5 Å². The molecule has 0 aromatic heterocycles. The minimum atomic E-state index is -2.29. The number of amides is 2. The van der Waals surface area contributed by atoms with E-state index in [2.05, 4.69) is 10.0 Å². The lowest BCUT2D eigenvalue weighted by atomic mass is 9.91. The molecule has 4 atom stereocenters. The number of rotatable bonds is 8. The number of piperidine rings is 2. The Bertz CT molecular complexity index is 606. The van der Waals surface area contributed by atoms with E-state index in [4.69, 9.17) is 15.7 Å². The minimum Gasteiger partial charge on any atom is -0.394 e. The summed E-state index contributed by atoms with van der Waals surface area (Å²) >= 11 is -2.29. The van der Waals surface area contributed by atoms with E-state index < -0.39 is 23.4 Å². The molecule has 0 radical (unpaired) electrons. The average molecular weight is 419 g/mol. The highest BCUT2D eigenvalue weighted by atomic mass is 32.2. The third-order valence-corrected chi connectivity index (χ3v) is 5.66. The van der Waals surface area contributed by atoms with Crippen molar-refractivity contribution in [3.05, 3.63) is 0 Å². The summed E-state index contributed by atoms with van der Waals surface area (Å²) in [5.74, 6) is -0.518. The van der Waals surface area contributed by atoms with Crippen molar-refractivity contribution in [1.82, 2.24) is 19.8 Å². The molecule has 2 saturated heterocycles. The van der Waals surface area contributed by atoms with Crippen molar-refractivity contribution in [2.45, 2.75) is 44.2 Å². The first-order valence-corrected chi connectivity index (χ1v) is 10.6. The van der Waals surface area contributed by atoms with Gasteiger partial charge in [-0.1, -0.05) is 0 Å². The molecule has 0 aromatic rings. The van der Waals surface area contributed by atoms with Crippen molar-refractivity contribution in [3.63, 3.8) is 0 Å². The molecule has 2 aliphatic rings. The first-order chi connectivity index (χ1) is 13.3. The van der Waals surface area contributed by atoms with Gasteiger partial charge in [0.25, 0.3) is 0 Å². The van der Waals surface area contributed by atoms with Gasteiger partial charge in [-0.3, -0.25) is 19.6 Å². The van der Waals surface area contributed by atoms with Crippen molar-refractivity contribution >= 4 is 29.0 Å². The number of carbonyl (C=O) groups is 2. The van der Waals surface area contributed by atoms with Gasteiger partial charge in [0, 0.05) is 19.6 Å². The molecule has 2 amide bonds. The number of aliphatic hydroxyl groups is 1. The van der Waals surface area contributed by atoms with Gasteiger partial charge >= 0.3 is 0 Å². The Kier molecular flexibility index (Phi) is 8.60. The number of nitrogens with two attached hydrogens (primary N) is 1. The Morgan fingerprint density at radius 3 is 2.71 bits per heavy atom. The van der Waals surface area contributed by atoms with Crippen LogP contribution in [0, 0.1) is 11.3 Å². The minimum absolute atomic E-state index is 0.0323. The van der Waals surface area contributed by atoms with Crippen molar-refractivity contribution in [2.75, 3.05) is 32.8 Å². The highest BCUT2D eigenvalue weighted by Crippen LogP contribution is 2.21. The van der Waals surface area contributed by atoms with Gasteiger partial charge in [0.15, 0.2) is 5.96 Å². The first kappa shape index (κ1) is 22.5. The summed E-state index contributed by atoms with van der Waals surface area (Å²) in [6.45, 7) is 1.40. The van der Waals surface area contributed by atoms with Gasteiger partial charge < -0.3 is 26.0 Å². The highest BCUT2D eigenvalue weighted by molar-refractivity contribution is 7.77. The predicted octanol–water partition coefficient (Wildman–Crippen LogP) is -1.82. The van der Waals surface area contributed by atoms with Gasteiger partial charge in [-0.05, 0) is 38.0 Å². The SMILES string of the molecule is N=C(N)N1CCC[C@H](C[C@@H](CO)NC(=O)CN2CCC[C@H](NS(=O)O)C2=O)C1. The van der Waals surface area contributed by atoms with Crippen molar-refractivity contribution in [1.29, 1.82) is 5.41 Å². The van der Waals surface area contributed by atoms with Crippen LogP contribution < -0.4 is 15.8 Å². The molecule has 2 fully saturated rings. The predicted molar refractivity (Wildman–Crippen MR) is 103 cm³/mol. The Hall–Kier alpha value is -1.76. The van der Waals surface area contributed by atoms with Gasteiger partial charge in [-0.2, -0.15) is 0 Å². The molecule has 0 bridgehead atoms. The molecule has 28 heavy (non-hydrogen) atoms. The van der Waals surface area contributed by atoms with Crippen molar-refractivity contribution in [2.24, 2.45) is 11.7 Å². The fourth-order valence-corrected chi connectivity index (χ4v) is 4.29. The maximum Gasteiger partial charge on any atom is 0.241 e. The molecule has 0 spiro atoms. The molecule has 1 unspecified atom stereocenters. The molecular formula is C16H30N6O5S. The monoisotopic (exact) mass is 418 g/mol. The Labute approximate surface area is 166 Å². The Morgan fingerprint density at radius 2 is 2.07 bits per heavy atom. The maximum atomic E-state index is 12.4. The number of likely N-dealkylation sites (tertiary alicyclic amines) is 2. The van der Waals surface area contributed by atoms with Crippen LogP contribution in [0.5, 0.6) is 0 Å². The van der Waals surface area contributed by atoms with Crippen LogP contribution in [0.25, 0.3) is 0 Å². The molecule has 2 heterocycles. The summed E-state index contributed by atoms with van der Waals surface area (Å²) in [4.78, 5) is 27.8. The van der Waals surface area contributed by atoms with E-state index in [1.165, 1.54) is 4.90 Å². The second-order valence-electron chi connectivity index (χ2n) is 7.34. The maximum absolute atomic E-state index is 12.4. The molecule has 2 aliphatic heterocycles. The number of aliphatic hydroxyl groups excluding tert-OH is 1. The van der Waals surface area contributed by atoms with E-state index in [0.717, 1.165) is 19.4 Å². The van der Waals surface area contributed by atoms with E-state index >= 15 is 0 Å². The van der Waals surface area contributed by atoms with Crippen LogP contribution in [-0.4, -0.2) is 86.3 Å². The largest absolute Gasteiger partial charge is 0.394 e. The fraction of sp³-hybridized carbons (Fsp3) is 0.812. The molecular weight excluding hydrogens is 388 g/mol. The fourth-order valence-electron chi connectivity index (χ4n) is 3.83. The van der Waals surface area contributed by atoms with Gasteiger partial charge in [0.05, 0.1) is 19.2 Å². The second-order valence-corrected chi connectivity index (χ2v) is 8.08. The molecule has 2 rings (SSSR count). The number of hydrogen-bond acceptors (Lipinski definition) is 5. The molecule has 160 valence electrons. The van der Waals surface area contributed by atoms with Crippen LogP contribution in [0.15, 0.2) is 0 Å². The van der Waals surface area contributed by atoms with Crippen LogP contribution in [0.3, 0.4) is 0 Å². The zero-order valence-corrected chi connectivity index (χ0v) is 16.6. The zero-order chi connectivity index (χ0) is 20.7. The second kappa shape index (κ2) is 10.7. The standard InChI is InChI=1S/C16H30N6O5S/c17-16(18)22-6-1-3-11(8-22)7-12(10-23)19-14(24)9-21-5-2-4-13(15(21)25)20-28(26)27/h11-13,20,23H,1-10H2,(H3,17,18)(H,19,24)(H,26,27)/t11-,12+,13+/m1/s1. The third kappa shape index (κ3) is 6.69. The smallest absolute Gasteiger partial charge is 0.241 e. The highest BCUT2D eigenvalue weighted by Gasteiger charge is 2.31. The summed E-state index contributed by atoms with van der Waals surface area (Å²) in [7, 11) is 0. The molecule has 0 aliphatic carbocycles. The summed E-state index contributed by atoms with van der Waals surface area (Å²) < 4.78 is 22.1. The van der Waals surface area contributed by atoms with Crippen molar-refractivity contribution in [3.8, 4) is 0 Å². The van der Waals surface area contributed by atoms with Gasteiger partial charge in [0.2, 0.25) is 23.1 Å². The molecule has 11 nitrogen and oxygen atoms in total. The van der Waals surface area contributed by atoms with Crippen LogP contribution in [-0.2, 0) is 20.9 Å². The van der Waals surface area contributed by atoms with Gasteiger partial charge in [0.1, 0.15) is 6.04 Å². The number of hydrogen-bond donors (Lipinski definition) is 6. The Balaban J connectivity index is 1.83. The zero-order valence-electron chi connectivity index (χ0n) is 15.8. The van der Waals surface area contributed by atoms with E-state index in [0.29, 0.717) is 32.4 Å². The molecule has 0 saturated carbocycles. The lowest BCUT2D eigenvalue weighted by molar-refractivity contribution is -0.139. The summed E-state index contributed by atoms with van der Waals surface area (Å²) in [5, 5.41) is 19.9. The van der Waals surface area contributed by atoms with Crippen LogP contribution in [0.2, 0.25) is 0 Å². The summed E-state index contributed by atoms with van der Waals surface area (Å²) in [6, 6.07) is -1.22. The molecule has 12 heteroatoms. The lowest BCUT2D eigenvalue weighted by Gasteiger charge is -2.35. The van der Waals surface area contributed by atoms with E-state index in [-0.39, 0.29) is 36.8 Å². The third-order valence-electron chi connectivity index (χ3n) is 5.17. The van der Waals surface area contributed by atoms with E-state index in [1.807, 2.05) is 0 Å². The quantitative estimate of drug-likeness (QED) is 0.153. The molecule has 0 aromatic carbocycles. The number of nitrogens with zero attached hydrogens (tertiary/aromatic N) is 2. The number of carbonyl (C=O) groups excluding carboxylic acids is 2. The van der Waals surface area contributed by atoms with Gasteiger partial charge in [-0.25, -0.2) is 8.93 Å². The van der Waals surface area contributed by atoms with Crippen LogP contribution >= 0.6 is 0 Å². The Morgan fingerprint density at radius 1 is 1.36 bits per heavy atom. The van der Waals surface area contributed by atoms with Gasteiger partial charge in [-0.15, -0.1) is 0 Å². The molecule has 7 N–H and O–H groups in total. The number of nitrogens with one attached hydrogen (secondary N) is 3. The van der Waals surface area contributed by atoms with Crippen LogP contribution in [0.4, 0.5) is 0 Å². The summed E-state index contributed by atoms with van der Waals surface area (Å²) in [5.41, 5.74) is 5.54. The summed E-state index contributed by atoms with van der Waals surface area (Å²) in [6.07, 6.45) is 3.47. The topological polar surface area (TPSA) is 172 Å². The average Bonchev–Trinajstić information content (AvgIpc) is 2.64. The normalized spacial score (nSPS) is 25.3. The number of guanidine groups is 1. The van der Waals surface area contributed by atoms with Crippen LogP contribution in [0.1, 0.15) is 32.1 Å².